The number of hydrogen-bond donors (Lipinski definition) is 0. The highest BCUT2D eigenvalue weighted by Crippen LogP contribution is 2.08. The Kier molecular flexibility index (Phi) is 3.98. The van der Waals surface area contributed by atoms with Crippen molar-refractivity contribution in [3.05, 3.63) is 62.8 Å². The molecule has 0 unspecified atom stereocenters. The monoisotopic (exact) mass is 273 g/mol. The van der Waals surface area contributed by atoms with Crippen molar-refractivity contribution in [1.82, 2.24) is 9.55 Å². The van der Waals surface area contributed by atoms with Gasteiger partial charge in [-0.15, -0.1) is 0 Å². The molecule has 0 aliphatic heterocycles. The van der Waals surface area contributed by atoms with Crippen molar-refractivity contribution in [2.45, 2.75) is 19.9 Å². The first-order valence-electron chi connectivity index (χ1n) is 5.89. The Morgan fingerprint density at radius 2 is 2.21 bits per heavy atom. The highest BCUT2D eigenvalue weighted by Gasteiger charge is 2.07. The quantitative estimate of drug-likeness (QED) is 0.807. The third kappa shape index (κ3) is 3.01. The number of hydrogen-bond acceptors (Lipinski definition) is 3. The van der Waals surface area contributed by atoms with E-state index in [4.69, 9.17) is 16.9 Å². The molecule has 0 amide bonds. The summed E-state index contributed by atoms with van der Waals surface area (Å²) in [6.07, 6.45) is 0.619. The molecule has 0 saturated heterocycles. The number of aromatic nitrogens is 2. The zero-order valence-corrected chi connectivity index (χ0v) is 11.2. The normalized spacial score (nSPS) is 10.2. The van der Waals surface area contributed by atoms with Gasteiger partial charge in [0.15, 0.2) is 0 Å². The molecule has 0 fully saturated rings. The van der Waals surface area contributed by atoms with E-state index in [1.807, 2.05) is 13.0 Å². The van der Waals surface area contributed by atoms with E-state index < -0.39 is 0 Å². The lowest BCUT2D eigenvalue weighted by Crippen LogP contribution is -2.24. The maximum Gasteiger partial charge on any atom is 0.255 e. The molecule has 0 radical (unpaired) electrons. The summed E-state index contributed by atoms with van der Waals surface area (Å²) in [6.45, 7) is 2.31. The highest BCUT2D eigenvalue weighted by atomic mass is 35.5. The van der Waals surface area contributed by atoms with Crippen molar-refractivity contribution >= 4 is 11.6 Å². The summed E-state index contributed by atoms with van der Waals surface area (Å²) in [4.78, 5) is 16.1. The minimum absolute atomic E-state index is 0.181. The first kappa shape index (κ1) is 13.3. The number of rotatable bonds is 3. The molecular weight excluding hydrogens is 262 g/mol. The van der Waals surface area contributed by atoms with Crippen molar-refractivity contribution in [3.8, 4) is 6.07 Å². The largest absolute Gasteiger partial charge is 0.292 e. The Morgan fingerprint density at radius 3 is 2.89 bits per heavy atom. The minimum atomic E-state index is -0.181. The molecule has 0 bridgehead atoms. The average molecular weight is 274 g/mol. The van der Waals surface area contributed by atoms with Gasteiger partial charge in [0.2, 0.25) is 0 Å². The minimum Gasteiger partial charge on any atom is -0.292 e. The molecule has 2 rings (SSSR count). The first-order chi connectivity index (χ1) is 9.13. The molecule has 1 aromatic heterocycles. The molecule has 0 aliphatic carbocycles. The van der Waals surface area contributed by atoms with Crippen LogP contribution in [0.1, 0.15) is 23.9 Å². The van der Waals surface area contributed by atoms with Crippen LogP contribution < -0.4 is 5.56 Å². The van der Waals surface area contributed by atoms with E-state index in [1.165, 1.54) is 6.07 Å². The van der Waals surface area contributed by atoms with Gasteiger partial charge in [-0.25, -0.2) is 4.98 Å². The second-order valence-corrected chi connectivity index (χ2v) is 4.47. The Hall–Kier alpha value is -2.12. The maximum atomic E-state index is 12.0. The summed E-state index contributed by atoms with van der Waals surface area (Å²) in [6, 6.07) is 10.6. The Bertz CT molecular complexity index is 701. The summed E-state index contributed by atoms with van der Waals surface area (Å²) in [7, 11) is 0. The van der Waals surface area contributed by atoms with Crippen LogP contribution in [0.5, 0.6) is 0 Å². The maximum absolute atomic E-state index is 12.0. The molecule has 96 valence electrons. The van der Waals surface area contributed by atoms with Crippen LogP contribution in [0.4, 0.5) is 0 Å². The third-order valence-electron chi connectivity index (χ3n) is 2.77. The molecule has 4 nitrogen and oxygen atoms in total. The molecular formula is C14H12ClN3O. The van der Waals surface area contributed by atoms with Gasteiger partial charge in [0.25, 0.3) is 5.56 Å². The third-order valence-corrected chi connectivity index (χ3v) is 2.96. The van der Waals surface area contributed by atoms with Crippen LogP contribution in [-0.4, -0.2) is 9.55 Å². The molecule has 0 spiro atoms. The lowest BCUT2D eigenvalue weighted by Gasteiger charge is -2.11. The number of benzene rings is 1. The second kappa shape index (κ2) is 5.68. The summed E-state index contributed by atoms with van der Waals surface area (Å²) in [5.41, 5.74) is 1.28. The highest BCUT2D eigenvalue weighted by molar-refractivity contribution is 6.29. The van der Waals surface area contributed by atoms with Gasteiger partial charge >= 0.3 is 0 Å². The molecule has 0 aliphatic rings. The zero-order chi connectivity index (χ0) is 13.8. The zero-order valence-electron chi connectivity index (χ0n) is 10.4. The summed E-state index contributed by atoms with van der Waals surface area (Å²) in [5.74, 6) is 0.639. The summed E-state index contributed by atoms with van der Waals surface area (Å²) < 4.78 is 1.57. The molecule has 19 heavy (non-hydrogen) atoms. The van der Waals surface area contributed by atoms with E-state index in [2.05, 4.69) is 11.1 Å². The molecule has 1 aromatic carbocycles. The Balaban J connectivity index is 2.43. The van der Waals surface area contributed by atoms with E-state index in [1.54, 1.807) is 22.8 Å². The molecule has 2 aromatic rings. The van der Waals surface area contributed by atoms with Crippen LogP contribution in [-0.2, 0) is 13.0 Å². The fourth-order valence-corrected chi connectivity index (χ4v) is 2.07. The van der Waals surface area contributed by atoms with Gasteiger partial charge in [-0.3, -0.25) is 9.36 Å². The summed E-state index contributed by atoms with van der Waals surface area (Å²) >= 11 is 5.78. The first-order valence-corrected chi connectivity index (χ1v) is 6.27. The number of nitriles is 1. The van der Waals surface area contributed by atoms with Gasteiger partial charge < -0.3 is 0 Å². The van der Waals surface area contributed by atoms with Gasteiger partial charge in [-0.2, -0.15) is 5.26 Å². The van der Waals surface area contributed by atoms with Crippen LogP contribution in [0, 0.1) is 11.3 Å². The number of aryl methyl sites for hydroxylation is 1. The van der Waals surface area contributed by atoms with E-state index >= 15 is 0 Å². The van der Waals surface area contributed by atoms with Crippen LogP contribution >= 0.6 is 11.6 Å². The van der Waals surface area contributed by atoms with Gasteiger partial charge in [0.05, 0.1) is 18.2 Å². The van der Waals surface area contributed by atoms with Gasteiger partial charge in [0.1, 0.15) is 11.0 Å². The molecule has 0 saturated carbocycles. The van der Waals surface area contributed by atoms with Crippen molar-refractivity contribution in [1.29, 1.82) is 5.26 Å². The molecule has 0 N–H and O–H groups in total. The predicted molar refractivity (Wildman–Crippen MR) is 73.1 cm³/mol. The van der Waals surface area contributed by atoms with Crippen molar-refractivity contribution in [2.75, 3.05) is 0 Å². The Labute approximate surface area is 115 Å². The lowest BCUT2D eigenvalue weighted by atomic mass is 10.1. The second-order valence-electron chi connectivity index (χ2n) is 4.09. The molecule has 0 atom stereocenters. The smallest absolute Gasteiger partial charge is 0.255 e. The standard InChI is InChI=1S/C14H12ClN3O/c1-2-13-17-12(15)7-14(19)18(13)9-11-5-3-4-10(6-11)8-16/h3-7H,2,9H2,1H3. The van der Waals surface area contributed by atoms with Gasteiger partial charge in [-0.05, 0) is 17.7 Å². The Morgan fingerprint density at radius 1 is 1.42 bits per heavy atom. The molecule has 5 heteroatoms. The fraction of sp³-hybridized carbons (Fsp3) is 0.214. The topological polar surface area (TPSA) is 58.7 Å². The van der Waals surface area contributed by atoms with Gasteiger partial charge in [0, 0.05) is 12.5 Å². The van der Waals surface area contributed by atoms with Crippen LogP contribution in [0.25, 0.3) is 0 Å². The van der Waals surface area contributed by atoms with E-state index in [9.17, 15) is 4.79 Å². The van der Waals surface area contributed by atoms with E-state index in [0.717, 1.165) is 5.56 Å². The van der Waals surface area contributed by atoms with Crippen LogP contribution in [0.3, 0.4) is 0 Å². The average Bonchev–Trinajstić information content (AvgIpc) is 2.41. The predicted octanol–water partition coefficient (Wildman–Crippen LogP) is 2.38. The SMILES string of the molecule is CCc1nc(Cl)cc(=O)n1Cc1cccc(C#N)c1. The van der Waals surface area contributed by atoms with Crippen molar-refractivity contribution in [2.24, 2.45) is 0 Å². The van der Waals surface area contributed by atoms with E-state index in [0.29, 0.717) is 24.4 Å². The van der Waals surface area contributed by atoms with E-state index in [-0.39, 0.29) is 10.7 Å². The molecule has 1 heterocycles. The van der Waals surface area contributed by atoms with Crippen molar-refractivity contribution in [3.63, 3.8) is 0 Å². The van der Waals surface area contributed by atoms with Crippen molar-refractivity contribution < 1.29 is 0 Å². The lowest BCUT2D eigenvalue weighted by molar-refractivity contribution is 0.674. The number of nitrogens with zero attached hydrogens (tertiary/aromatic N) is 3. The van der Waals surface area contributed by atoms with Crippen LogP contribution in [0.15, 0.2) is 35.1 Å². The van der Waals surface area contributed by atoms with Crippen LogP contribution in [0.2, 0.25) is 5.15 Å². The number of halogens is 1. The van der Waals surface area contributed by atoms with Gasteiger partial charge in [-0.1, -0.05) is 30.7 Å². The fourth-order valence-electron chi connectivity index (χ4n) is 1.88. The summed E-state index contributed by atoms with van der Waals surface area (Å²) in [5, 5.41) is 9.08.